The van der Waals surface area contributed by atoms with Crippen LogP contribution >= 0.6 is 93.9 Å². The number of likely N-dealkylation sites (tertiary alicyclic amines) is 1. The summed E-state index contributed by atoms with van der Waals surface area (Å²) in [5.41, 5.74) is 12.2. The Morgan fingerprint density at radius 1 is 0.444 bits per heavy atom. The number of piperidine rings is 1. The lowest BCUT2D eigenvalue weighted by Crippen LogP contribution is -2.47. The molecule has 9 aliphatic rings. The molecular weight excluding hydrogens is 1840 g/mol. The second-order valence-corrected chi connectivity index (χ2v) is 44.0. The number of para-hydroxylation sites is 5. The number of Topliss-reactive ketones (excluding diaryl/α,β-unsaturated/α-hetero) is 1. The number of fused-ring (bicyclic) bond motifs is 10. The summed E-state index contributed by atoms with van der Waals surface area (Å²) in [7, 11) is 10.8. The van der Waals surface area contributed by atoms with Gasteiger partial charge in [0.2, 0.25) is 0 Å². The lowest BCUT2D eigenvalue weighted by Gasteiger charge is -2.36. The Morgan fingerprint density at radius 3 is 1.25 bits per heavy atom. The van der Waals surface area contributed by atoms with Crippen LogP contribution in [0, 0.1) is 5.92 Å². The lowest BCUT2D eigenvalue weighted by molar-refractivity contribution is -0.141. The molecule has 9 aliphatic heterocycles. The fourth-order valence-electron chi connectivity index (χ4n) is 18.5. The van der Waals surface area contributed by atoms with Gasteiger partial charge < -0.3 is 63.5 Å². The number of piperazine rings is 3. The maximum Gasteiger partial charge on any atom is 0.416 e. The first-order chi connectivity index (χ1) is 65.0. The Labute approximate surface area is 836 Å². The van der Waals surface area contributed by atoms with E-state index in [0.717, 1.165) is 154 Å². The molecule has 720 valence electrons. The molecule has 19 rings (SSSR count). The van der Waals surface area contributed by atoms with Crippen LogP contribution in [0.25, 0.3) is 0 Å². The minimum absolute atomic E-state index is 0. The predicted molar refractivity (Wildman–Crippen MR) is 569 cm³/mol. The fourth-order valence-corrected chi connectivity index (χ4v) is 25.2. The number of rotatable bonds is 26. The average molecular weight is 1980 g/mol. The molecule has 0 amide bonds. The van der Waals surface area contributed by atoms with Gasteiger partial charge in [-0.15, -0.1) is 23.5 Å². The van der Waals surface area contributed by atoms with Crippen molar-refractivity contribution < 1.29 is 27.5 Å². The van der Waals surface area contributed by atoms with Crippen molar-refractivity contribution >= 4 is 163 Å². The molecule has 135 heavy (non-hydrogen) atoms. The highest BCUT2D eigenvalue weighted by atomic mass is 35.5. The van der Waals surface area contributed by atoms with Crippen molar-refractivity contribution in [3.05, 3.63) is 228 Å². The van der Waals surface area contributed by atoms with Gasteiger partial charge in [0.25, 0.3) is 0 Å². The highest BCUT2D eigenvalue weighted by Gasteiger charge is 2.36. The zero-order chi connectivity index (χ0) is 93.8. The lowest BCUT2D eigenvalue weighted by atomic mass is 9.95. The van der Waals surface area contributed by atoms with Gasteiger partial charge in [-0.2, -0.15) is 13.2 Å². The van der Waals surface area contributed by atoms with Crippen molar-refractivity contribution in [1.29, 1.82) is 0 Å². The van der Waals surface area contributed by atoms with Gasteiger partial charge in [-0.05, 0) is 270 Å². The Bertz CT molecular complexity index is 5560. The second-order valence-electron chi connectivity index (χ2n) is 36.0. The summed E-state index contributed by atoms with van der Waals surface area (Å²) in [5.74, 6) is 1.94. The van der Waals surface area contributed by atoms with E-state index in [9.17, 15) is 22.8 Å². The van der Waals surface area contributed by atoms with E-state index in [-0.39, 0.29) is 19.2 Å². The van der Waals surface area contributed by atoms with E-state index in [2.05, 4.69) is 277 Å². The van der Waals surface area contributed by atoms with Gasteiger partial charge >= 0.3 is 12.1 Å². The molecule has 0 spiro atoms. The van der Waals surface area contributed by atoms with Gasteiger partial charge in [0, 0.05) is 213 Å². The quantitative estimate of drug-likeness (QED) is 0.0293. The highest BCUT2D eigenvalue weighted by Crippen LogP contribution is 2.55. The van der Waals surface area contributed by atoms with E-state index < -0.39 is 11.7 Å². The third kappa shape index (κ3) is 27.6. The highest BCUT2D eigenvalue weighted by molar-refractivity contribution is 8.01. The number of carbonyl (C=O) groups is 2. The van der Waals surface area contributed by atoms with Gasteiger partial charge in [0.05, 0.1) is 62.4 Å². The molecule has 0 bridgehead atoms. The van der Waals surface area contributed by atoms with Crippen LogP contribution in [-0.2, 0) is 15.7 Å². The number of ether oxygens (including phenoxy) is 1. The van der Waals surface area contributed by atoms with Crippen LogP contribution < -0.4 is 24.5 Å². The van der Waals surface area contributed by atoms with Crippen LogP contribution in [0.4, 0.5) is 70.0 Å². The van der Waals surface area contributed by atoms with E-state index in [1.165, 1.54) is 179 Å². The van der Waals surface area contributed by atoms with Crippen molar-refractivity contribution in [2.24, 2.45) is 5.92 Å². The molecule has 2 unspecified atom stereocenters. The number of hydrogen-bond acceptors (Lipinski definition) is 23. The van der Waals surface area contributed by atoms with Crippen molar-refractivity contribution in [1.82, 2.24) is 39.2 Å². The molecule has 0 aliphatic carbocycles. The number of benzene rings is 10. The summed E-state index contributed by atoms with van der Waals surface area (Å²) in [5, 5.41) is 0.781. The number of likely N-dealkylation sites (N-methyl/N-ethyl adjacent to an activating group) is 3. The molecule has 0 aromatic heterocycles. The first kappa shape index (κ1) is 103. The van der Waals surface area contributed by atoms with E-state index >= 15 is 0 Å². The Morgan fingerprint density at radius 2 is 0.822 bits per heavy atom. The van der Waals surface area contributed by atoms with Crippen LogP contribution in [0.2, 0.25) is 5.02 Å². The van der Waals surface area contributed by atoms with Gasteiger partial charge in [-0.3, -0.25) is 14.5 Å². The molecule has 2 atom stereocenters. The fraction of sp³-hybridized carbons (Fsp3) is 0.426. The van der Waals surface area contributed by atoms with Crippen molar-refractivity contribution in [2.45, 2.75) is 151 Å². The van der Waals surface area contributed by atoms with Crippen LogP contribution in [0.5, 0.6) is 0 Å². The maximum absolute atomic E-state index is 13.3. The summed E-state index contributed by atoms with van der Waals surface area (Å²) in [6, 6.07) is 73.5. The zero-order valence-corrected chi connectivity index (χ0v) is 85.9. The van der Waals surface area contributed by atoms with E-state index in [4.69, 9.17) is 16.3 Å². The number of alkyl halides is 3. The molecule has 0 N–H and O–H groups in total. The van der Waals surface area contributed by atoms with Crippen LogP contribution in [0.3, 0.4) is 0 Å². The SMILES string of the molecule is C.CC(=O)OCCN1CCN(CCCN2c3ccccc3Sc3ccc(Cl)cc32)CC1.CCC(=O)c1ccc2c(c1)N(CC(C)N(C)C)c1ccccc1S2.CCSc1ccc2c(c1)N(CCCN1CCN(C)CC1)c1ccccc1S2.CN1CCN(CCCN2c3ccccc3Sc3ccc(C(F)(F)F)cc32)CC1.CSc1ccc2c(c1)N(CCC1CCCN(C)C1)c1ccccc1S2. The van der Waals surface area contributed by atoms with Crippen LogP contribution in [0.1, 0.15) is 96.0 Å². The van der Waals surface area contributed by atoms with Crippen molar-refractivity contribution in [3.8, 4) is 0 Å². The summed E-state index contributed by atoms with van der Waals surface area (Å²) >= 11 is 19.0. The van der Waals surface area contributed by atoms with Gasteiger partial charge in [-0.1, -0.05) is 158 Å². The third-order valence-electron chi connectivity index (χ3n) is 26.3. The zero-order valence-electron chi connectivity index (χ0n) is 79.4. The first-order valence-corrected chi connectivity index (χ1v) is 54.3. The number of ketones is 1. The topological polar surface area (TPSA) is 85.5 Å². The Balaban J connectivity index is 0.000000135. The van der Waals surface area contributed by atoms with Crippen LogP contribution in [-0.4, -0.2) is 261 Å². The number of hydrogen-bond donors (Lipinski definition) is 0. The largest absolute Gasteiger partial charge is 0.465 e. The number of esters is 1. The molecule has 0 radical (unpaired) electrons. The normalized spacial score (nSPS) is 17.3. The monoisotopic (exact) mass is 1980 g/mol. The summed E-state index contributed by atoms with van der Waals surface area (Å²) in [6.07, 6.45) is 5.58. The molecule has 27 heteroatoms. The van der Waals surface area contributed by atoms with E-state index in [1.54, 1.807) is 29.6 Å². The number of carbonyl (C=O) groups excluding carboxylic acids is 2. The van der Waals surface area contributed by atoms with Crippen molar-refractivity contribution in [3.63, 3.8) is 0 Å². The molecule has 16 nitrogen and oxygen atoms in total. The van der Waals surface area contributed by atoms with E-state index in [1.807, 2.05) is 102 Å². The first-order valence-electron chi connectivity index (χ1n) is 47.6. The van der Waals surface area contributed by atoms with Crippen molar-refractivity contribution in [2.75, 3.05) is 229 Å². The molecule has 4 saturated heterocycles. The maximum atomic E-state index is 13.3. The molecule has 10 aromatic rings. The van der Waals surface area contributed by atoms with Gasteiger partial charge in [0.15, 0.2) is 5.78 Å². The number of halogens is 4. The van der Waals surface area contributed by atoms with Gasteiger partial charge in [0.1, 0.15) is 6.61 Å². The molecule has 4 fully saturated rings. The smallest absolute Gasteiger partial charge is 0.416 e. The minimum Gasteiger partial charge on any atom is -0.465 e. The van der Waals surface area contributed by atoms with E-state index in [0.29, 0.717) is 31.3 Å². The Hall–Kier alpha value is -7.45. The van der Waals surface area contributed by atoms with Crippen LogP contribution in [0.15, 0.2) is 271 Å². The second kappa shape index (κ2) is 50.1. The number of nitrogens with zero attached hydrogens (tertiary/aromatic N) is 13. The molecule has 9 heterocycles. The summed E-state index contributed by atoms with van der Waals surface area (Å²) in [4.78, 5) is 69.7. The number of anilines is 10. The third-order valence-corrected chi connectivity index (χ3v) is 33.8. The Kier molecular flexibility index (Phi) is 38.4. The molecule has 0 saturated carbocycles. The summed E-state index contributed by atoms with van der Waals surface area (Å²) < 4.78 is 44.9. The molecular formula is C108H135ClF3N13O3S7. The minimum atomic E-state index is -4.33. The molecule has 10 aromatic carbocycles. The van der Waals surface area contributed by atoms with Gasteiger partial charge in [-0.25, -0.2) is 0 Å². The number of thioether (sulfide) groups is 2. The summed E-state index contributed by atoms with van der Waals surface area (Å²) in [6.45, 7) is 32.9. The standard InChI is InChI=1S/C23H28ClN3O2S.C22H29N3S2.C21H24F3N3S.C21H26N2S2.C20H24N2OS.CH4/c1-18(28)29-16-15-26-13-11-25(12-14-26)9-4-10-27-20-5-2-3-6-22(20)30-23-8-7-19(24)17-21(23)27;1-3-26-18-9-10-22-20(17-18)25(19-7-4-5-8-21(19)27-22)12-6-11-24-15-13-23(2)14-16-24;1-25-11-13-26(14-12-25)9-4-10-27-17-5-2-3-6-19(17)28-20-8-7-16(15-18(20)27)21(22,23)24;1-22-12-5-6-16(15-22)11-13-23-18-7-3-4-8-20(18)25-21-10-9-17(24-2)14-19(21)23;1-5-18(23)15-10-11-20-17(12-15)22(13-14(2)21(3)4)16-8-6-7-9-19(16)24-20;/h2-3,5-8,17H,4,9-16H2,1H3;4-5,7-10,17H,3,6,11-16H2,1-2H3;2-3,5-8,15H,4,9-14H2,1H3;3-4,7-10,14,16H,5-6,11-13,15H2,1-2H3;6-12,14H,5,13H2,1-4H3;1H4. The predicted octanol–water partition coefficient (Wildman–Crippen LogP) is 25.7. The average Bonchev–Trinajstić information content (AvgIpc) is 0.769.